The fraction of sp³-hybridized carbons (Fsp3) is 0.667. The third-order valence-electron chi connectivity index (χ3n) is 6.33. The Morgan fingerprint density at radius 1 is 1.15 bits per heavy atom. The monoisotopic (exact) mass is 460 g/mol. The Kier molecular flexibility index (Phi) is 7.81. The van der Waals surface area contributed by atoms with Crippen LogP contribution in [0.4, 0.5) is 16.2 Å². The molecule has 33 heavy (non-hydrogen) atoms. The number of nitrogens with zero attached hydrogens (tertiary/aromatic N) is 4. The second kappa shape index (κ2) is 10.4. The predicted molar refractivity (Wildman–Crippen MR) is 126 cm³/mol. The van der Waals surface area contributed by atoms with Crippen molar-refractivity contribution in [2.24, 2.45) is 11.8 Å². The van der Waals surface area contributed by atoms with E-state index < -0.39 is 5.60 Å². The van der Waals surface area contributed by atoms with Crippen LogP contribution in [0.15, 0.2) is 24.3 Å². The second-order valence-corrected chi connectivity index (χ2v) is 10.2. The molecule has 182 valence electrons. The number of likely N-dealkylation sites (tertiary alicyclic amines) is 1. The number of hydrogen-bond donors (Lipinski definition) is 0. The number of ether oxygens (including phenoxy) is 1. The fourth-order valence-corrected chi connectivity index (χ4v) is 4.73. The molecule has 0 saturated carbocycles. The van der Waals surface area contributed by atoms with Crippen LogP contribution >= 0.6 is 0 Å². The molecule has 9 nitrogen and oxygen atoms in total. The quantitative estimate of drug-likeness (QED) is 0.488. The maximum absolute atomic E-state index is 13.2. The minimum Gasteiger partial charge on any atom is -0.444 e. The molecule has 2 aliphatic rings. The highest BCUT2D eigenvalue weighted by Crippen LogP contribution is 2.32. The van der Waals surface area contributed by atoms with Crippen molar-refractivity contribution in [2.45, 2.75) is 52.1 Å². The lowest BCUT2D eigenvalue weighted by Gasteiger charge is -2.39. The standard InChI is InChI=1S/C24H36N4O5/c1-24(2,3)33-23(30)25(4)16-18-8-7-13-27(17-18)22(29)19-11-14-26(15-12-19)20-9-5-6-10-21(20)28(31)32/h5-6,9-10,18-19H,7-8,11-17H2,1-4H3. The average Bonchev–Trinajstić information content (AvgIpc) is 2.77. The van der Waals surface area contributed by atoms with Gasteiger partial charge >= 0.3 is 6.09 Å². The summed E-state index contributed by atoms with van der Waals surface area (Å²) in [4.78, 5) is 42.1. The number of carbonyl (C=O) groups is 2. The Bertz CT molecular complexity index is 861. The van der Waals surface area contributed by atoms with Gasteiger partial charge in [-0.05, 0) is 58.4 Å². The summed E-state index contributed by atoms with van der Waals surface area (Å²) < 4.78 is 5.44. The molecule has 3 rings (SSSR count). The molecule has 0 bridgehead atoms. The number of anilines is 1. The number of hydrogen-bond acceptors (Lipinski definition) is 6. The van der Waals surface area contributed by atoms with Gasteiger partial charge in [-0.2, -0.15) is 0 Å². The molecule has 0 aromatic heterocycles. The normalized spacial score (nSPS) is 19.8. The van der Waals surface area contributed by atoms with E-state index in [9.17, 15) is 19.7 Å². The van der Waals surface area contributed by atoms with Gasteiger partial charge in [0.15, 0.2) is 0 Å². The van der Waals surface area contributed by atoms with Gasteiger partial charge < -0.3 is 19.4 Å². The maximum atomic E-state index is 13.2. The number of amides is 2. The first kappa shape index (κ1) is 24.8. The fourth-order valence-electron chi connectivity index (χ4n) is 4.73. The van der Waals surface area contributed by atoms with Crippen LogP contribution < -0.4 is 4.90 Å². The Morgan fingerprint density at radius 2 is 1.82 bits per heavy atom. The Hall–Kier alpha value is -2.84. The van der Waals surface area contributed by atoms with Gasteiger partial charge in [0.05, 0.1) is 4.92 Å². The molecule has 0 radical (unpaired) electrons. The van der Waals surface area contributed by atoms with E-state index in [2.05, 4.69) is 0 Å². The lowest BCUT2D eigenvalue weighted by molar-refractivity contribution is -0.384. The number of nitro groups is 1. The number of benzene rings is 1. The first-order valence-electron chi connectivity index (χ1n) is 11.8. The van der Waals surface area contributed by atoms with E-state index in [1.807, 2.05) is 36.6 Å². The molecule has 2 saturated heterocycles. The second-order valence-electron chi connectivity index (χ2n) is 10.2. The minimum absolute atomic E-state index is 0.0636. The summed E-state index contributed by atoms with van der Waals surface area (Å²) in [5.41, 5.74) is 0.196. The van der Waals surface area contributed by atoms with Gasteiger partial charge in [0, 0.05) is 51.8 Å². The highest BCUT2D eigenvalue weighted by molar-refractivity contribution is 5.79. The molecule has 0 N–H and O–H groups in total. The molecule has 1 unspecified atom stereocenters. The Morgan fingerprint density at radius 3 is 2.45 bits per heavy atom. The lowest BCUT2D eigenvalue weighted by atomic mass is 9.91. The molecule has 1 aromatic rings. The van der Waals surface area contributed by atoms with Gasteiger partial charge in [-0.25, -0.2) is 4.79 Å². The van der Waals surface area contributed by atoms with E-state index in [1.165, 1.54) is 6.07 Å². The van der Waals surface area contributed by atoms with Gasteiger partial charge in [0.1, 0.15) is 11.3 Å². The highest BCUT2D eigenvalue weighted by atomic mass is 16.6. The summed E-state index contributed by atoms with van der Waals surface area (Å²) in [6.07, 6.45) is 2.93. The predicted octanol–water partition coefficient (Wildman–Crippen LogP) is 3.92. The van der Waals surface area contributed by atoms with Crippen LogP contribution in [-0.4, -0.2) is 72.1 Å². The van der Waals surface area contributed by atoms with Crippen LogP contribution in [0.2, 0.25) is 0 Å². The topological polar surface area (TPSA) is 96.2 Å². The Labute approximate surface area is 195 Å². The average molecular weight is 461 g/mol. The maximum Gasteiger partial charge on any atom is 0.410 e. The summed E-state index contributed by atoms with van der Waals surface area (Å²) in [7, 11) is 1.74. The molecule has 0 spiro atoms. The molecule has 2 fully saturated rings. The number of carbonyl (C=O) groups excluding carboxylic acids is 2. The lowest BCUT2D eigenvalue weighted by Crippen LogP contribution is -2.48. The van der Waals surface area contributed by atoms with Crippen molar-refractivity contribution in [2.75, 3.05) is 44.7 Å². The summed E-state index contributed by atoms with van der Waals surface area (Å²) in [5.74, 6) is 0.334. The number of rotatable bonds is 5. The van der Waals surface area contributed by atoms with Crippen LogP contribution in [0.5, 0.6) is 0 Å². The van der Waals surface area contributed by atoms with Crippen molar-refractivity contribution < 1.29 is 19.2 Å². The van der Waals surface area contributed by atoms with Crippen molar-refractivity contribution in [1.29, 1.82) is 0 Å². The largest absolute Gasteiger partial charge is 0.444 e. The zero-order chi connectivity index (χ0) is 24.2. The molecule has 1 aromatic carbocycles. The smallest absolute Gasteiger partial charge is 0.410 e. The zero-order valence-electron chi connectivity index (χ0n) is 20.2. The summed E-state index contributed by atoms with van der Waals surface area (Å²) in [6.45, 7) is 8.75. The molecule has 2 amide bonds. The van der Waals surface area contributed by atoms with Crippen molar-refractivity contribution in [3.63, 3.8) is 0 Å². The van der Waals surface area contributed by atoms with Crippen molar-refractivity contribution in [3.8, 4) is 0 Å². The van der Waals surface area contributed by atoms with E-state index in [1.54, 1.807) is 24.1 Å². The summed E-state index contributed by atoms with van der Waals surface area (Å²) in [6, 6.07) is 6.78. The SMILES string of the molecule is CN(CC1CCCN(C(=O)C2CCN(c3ccccc3[N+](=O)[O-])CC2)C1)C(=O)OC(C)(C)C. The van der Waals surface area contributed by atoms with Gasteiger partial charge in [-0.1, -0.05) is 12.1 Å². The van der Waals surface area contributed by atoms with Crippen LogP contribution in [-0.2, 0) is 9.53 Å². The highest BCUT2D eigenvalue weighted by Gasteiger charge is 2.33. The van der Waals surface area contributed by atoms with Gasteiger partial charge in [-0.15, -0.1) is 0 Å². The van der Waals surface area contributed by atoms with Gasteiger partial charge in [-0.3, -0.25) is 14.9 Å². The van der Waals surface area contributed by atoms with Crippen molar-refractivity contribution >= 4 is 23.4 Å². The number of nitro benzene ring substituents is 1. The van der Waals surface area contributed by atoms with Crippen molar-refractivity contribution in [1.82, 2.24) is 9.80 Å². The molecule has 0 aliphatic carbocycles. The molecule has 1 atom stereocenters. The zero-order valence-corrected chi connectivity index (χ0v) is 20.2. The van der Waals surface area contributed by atoms with Crippen LogP contribution in [0.3, 0.4) is 0 Å². The summed E-state index contributed by atoms with van der Waals surface area (Å²) >= 11 is 0. The third-order valence-corrected chi connectivity index (χ3v) is 6.33. The van der Waals surface area contributed by atoms with Crippen LogP contribution in [0.25, 0.3) is 0 Å². The third kappa shape index (κ3) is 6.58. The van der Waals surface area contributed by atoms with E-state index in [0.717, 1.165) is 19.4 Å². The van der Waals surface area contributed by atoms with Gasteiger partial charge in [0.25, 0.3) is 5.69 Å². The Balaban J connectivity index is 1.52. The first-order chi connectivity index (χ1) is 15.5. The van der Waals surface area contributed by atoms with E-state index in [-0.39, 0.29) is 34.4 Å². The number of para-hydroxylation sites is 2. The summed E-state index contributed by atoms with van der Waals surface area (Å²) in [5, 5.41) is 11.3. The van der Waals surface area contributed by atoms with Crippen LogP contribution in [0.1, 0.15) is 46.5 Å². The molecule has 2 heterocycles. The van der Waals surface area contributed by atoms with Crippen molar-refractivity contribution in [3.05, 3.63) is 34.4 Å². The molecule has 2 aliphatic heterocycles. The number of piperidine rings is 2. The first-order valence-corrected chi connectivity index (χ1v) is 11.8. The minimum atomic E-state index is -0.533. The van der Waals surface area contributed by atoms with E-state index in [4.69, 9.17) is 4.74 Å². The molecule has 9 heteroatoms. The van der Waals surface area contributed by atoms with Gasteiger partial charge in [0.2, 0.25) is 5.91 Å². The molecular formula is C24H36N4O5. The molecular weight excluding hydrogens is 424 g/mol. The van der Waals surface area contributed by atoms with E-state index >= 15 is 0 Å². The van der Waals surface area contributed by atoms with Crippen LogP contribution in [0, 0.1) is 22.0 Å². The van der Waals surface area contributed by atoms with E-state index in [0.29, 0.717) is 44.7 Å².